The van der Waals surface area contributed by atoms with E-state index in [1.807, 2.05) is 0 Å². The topological polar surface area (TPSA) is 55.8 Å². The number of rotatable bonds is 46. The molecule has 0 aliphatic heterocycles. The van der Waals surface area contributed by atoms with Gasteiger partial charge in [-0.05, 0) is 128 Å². The Morgan fingerprint density at radius 1 is 0.362 bits per heavy atom. The van der Waals surface area contributed by atoms with Crippen molar-refractivity contribution in [2.75, 3.05) is 26.4 Å². The van der Waals surface area contributed by atoms with Crippen LogP contribution in [-0.2, 0) is 14.3 Å². The third-order valence-corrected chi connectivity index (χ3v) is 10.4. The number of esters is 1. The molecule has 0 heterocycles. The van der Waals surface area contributed by atoms with E-state index in [1.165, 1.54) is 141 Å². The number of aliphatic hydroxyl groups is 1. The zero-order chi connectivity index (χ0) is 41.8. The van der Waals surface area contributed by atoms with Crippen molar-refractivity contribution in [3.05, 3.63) is 85.1 Å². The fourth-order valence-corrected chi connectivity index (χ4v) is 6.70. The van der Waals surface area contributed by atoms with E-state index in [1.54, 1.807) is 0 Å². The molecule has 0 unspecified atom stereocenters. The number of carbonyl (C=O) groups excluding carboxylic acids is 1. The summed E-state index contributed by atoms with van der Waals surface area (Å²) >= 11 is 0. The first-order chi connectivity index (χ1) is 28.8. The molecule has 0 spiro atoms. The first-order valence-electron chi connectivity index (χ1n) is 24.7. The van der Waals surface area contributed by atoms with Gasteiger partial charge in [0.05, 0.1) is 6.61 Å². The Morgan fingerprint density at radius 2 is 0.672 bits per heavy atom. The molecule has 0 fully saturated rings. The van der Waals surface area contributed by atoms with E-state index in [2.05, 4.69) is 92.0 Å². The molecule has 4 heteroatoms. The predicted octanol–water partition coefficient (Wildman–Crippen LogP) is 16.7. The molecule has 0 aromatic rings. The van der Waals surface area contributed by atoms with E-state index < -0.39 is 0 Å². The van der Waals surface area contributed by atoms with Crippen LogP contribution in [0.3, 0.4) is 0 Å². The lowest BCUT2D eigenvalue weighted by Gasteiger charge is -2.05. The summed E-state index contributed by atoms with van der Waals surface area (Å²) in [5.74, 6) is -0.0103. The molecule has 0 aliphatic rings. The average molecular weight is 807 g/mol. The lowest BCUT2D eigenvalue weighted by Crippen LogP contribution is -2.05. The summed E-state index contributed by atoms with van der Waals surface area (Å²) in [6.07, 6.45) is 71.7. The van der Waals surface area contributed by atoms with Crippen LogP contribution in [0.1, 0.15) is 225 Å². The standard InChI is InChI=1S/C54H94O4/c1-2-3-4-5-6-7-8-9-14-19-24-29-34-39-44-49-54(56)58-53-48-43-38-33-28-23-18-13-12-17-22-27-32-37-42-47-52-57-51-46-41-36-31-26-21-16-11-10-15-20-25-30-35-40-45-50-55/h3-4,6-7,9-14,21-22,26-27,55H,2,5,8,15-20,23-25,28-53H2,1H3/b4-3-,7-6-,11-10-,13-12-,14-9-,26-21-,27-22-. The molecule has 1 N–H and O–H groups in total. The van der Waals surface area contributed by atoms with Gasteiger partial charge in [-0.15, -0.1) is 0 Å². The zero-order valence-electron chi connectivity index (χ0n) is 38.1. The molecule has 0 amide bonds. The van der Waals surface area contributed by atoms with E-state index in [9.17, 15) is 4.79 Å². The molecule has 0 rings (SSSR count). The Balaban J connectivity index is 3.31. The van der Waals surface area contributed by atoms with Gasteiger partial charge in [0.25, 0.3) is 0 Å². The van der Waals surface area contributed by atoms with Gasteiger partial charge in [-0.3, -0.25) is 4.79 Å². The zero-order valence-corrected chi connectivity index (χ0v) is 38.1. The number of hydrogen-bond acceptors (Lipinski definition) is 4. The molecular formula is C54H94O4. The van der Waals surface area contributed by atoms with Gasteiger partial charge in [0.1, 0.15) is 0 Å². The fourth-order valence-electron chi connectivity index (χ4n) is 6.70. The fraction of sp³-hybridized carbons (Fsp3) is 0.722. The van der Waals surface area contributed by atoms with Crippen molar-refractivity contribution in [2.45, 2.75) is 225 Å². The normalized spacial score (nSPS) is 12.5. The third kappa shape index (κ3) is 51.6. The quantitative estimate of drug-likeness (QED) is 0.0378. The van der Waals surface area contributed by atoms with Gasteiger partial charge in [-0.25, -0.2) is 0 Å². The molecule has 0 aliphatic carbocycles. The molecule has 0 atom stereocenters. The van der Waals surface area contributed by atoms with Crippen LogP contribution < -0.4 is 0 Å². The van der Waals surface area contributed by atoms with Crippen LogP contribution in [-0.4, -0.2) is 37.5 Å². The van der Waals surface area contributed by atoms with Gasteiger partial charge in [0.2, 0.25) is 0 Å². The monoisotopic (exact) mass is 807 g/mol. The van der Waals surface area contributed by atoms with Crippen LogP contribution >= 0.6 is 0 Å². The summed E-state index contributed by atoms with van der Waals surface area (Å²) in [6, 6.07) is 0. The second-order valence-corrected chi connectivity index (χ2v) is 16.0. The van der Waals surface area contributed by atoms with Crippen molar-refractivity contribution < 1.29 is 19.4 Å². The highest BCUT2D eigenvalue weighted by atomic mass is 16.5. The molecule has 0 saturated carbocycles. The summed E-state index contributed by atoms with van der Waals surface area (Å²) in [7, 11) is 0. The molecule has 0 aromatic carbocycles. The number of aliphatic hydroxyl groups excluding tert-OH is 1. The first kappa shape index (κ1) is 55.6. The molecule has 58 heavy (non-hydrogen) atoms. The highest BCUT2D eigenvalue weighted by molar-refractivity contribution is 5.69. The van der Waals surface area contributed by atoms with Crippen molar-refractivity contribution in [3.63, 3.8) is 0 Å². The second-order valence-electron chi connectivity index (χ2n) is 16.0. The van der Waals surface area contributed by atoms with Crippen LogP contribution in [0.15, 0.2) is 85.1 Å². The number of ether oxygens (including phenoxy) is 2. The minimum Gasteiger partial charge on any atom is -0.466 e. The molecule has 0 radical (unpaired) electrons. The van der Waals surface area contributed by atoms with Gasteiger partial charge in [-0.2, -0.15) is 0 Å². The first-order valence-corrected chi connectivity index (χ1v) is 24.7. The maximum absolute atomic E-state index is 12.0. The van der Waals surface area contributed by atoms with Gasteiger partial charge in [0, 0.05) is 26.2 Å². The van der Waals surface area contributed by atoms with Gasteiger partial charge < -0.3 is 14.6 Å². The highest BCUT2D eigenvalue weighted by Crippen LogP contribution is 2.12. The molecule has 0 saturated heterocycles. The van der Waals surface area contributed by atoms with Crippen LogP contribution in [0.25, 0.3) is 0 Å². The van der Waals surface area contributed by atoms with Crippen molar-refractivity contribution in [1.29, 1.82) is 0 Å². The summed E-state index contributed by atoms with van der Waals surface area (Å²) in [5.41, 5.74) is 0. The summed E-state index contributed by atoms with van der Waals surface area (Å²) in [6.45, 7) is 4.92. The van der Waals surface area contributed by atoms with Gasteiger partial charge >= 0.3 is 5.97 Å². The Bertz CT molecular complexity index is 1020. The second kappa shape index (κ2) is 52.6. The summed E-state index contributed by atoms with van der Waals surface area (Å²) < 4.78 is 11.3. The third-order valence-electron chi connectivity index (χ3n) is 10.4. The highest BCUT2D eigenvalue weighted by Gasteiger charge is 2.02. The van der Waals surface area contributed by atoms with E-state index in [0.717, 1.165) is 83.8 Å². The number of unbranched alkanes of at least 4 members (excludes halogenated alkanes) is 23. The summed E-state index contributed by atoms with van der Waals surface area (Å²) in [5, 5.41) is 8.80. The summed E-state index contributed by atoms with van der Waals surface area (Å²) in [4.78, 5) is 12.0. The molecular weight excluding hydrogens is 713 g/mol. The number of carbonyl (C=O) groups is 1. The minimum atomic E-state index is -0.0103. The van der Waals surface area contributed by atoms with Crippen LogP contribution in [0, 0.1) is 0 Å². The molecule has 334 valence electrons. The van der Waals surface area contributed by atoms with E-state index in [-0.39, 0.29) is 5.97 Å². The lowest BCUT2D eigenvalue weighted by molar-refractivity contribution is -0.143. The Morgan fingerprint density at radius 3 is 1.09 bits per heavy atom. The van der Waals surface area contributed by atoms with Crippen molar-refractivity contribution in [2.24, 2.45) is 0 Å². The largest absolute Gasteiger partial charge is 0.466 e. The van der Waals surface area contributed by atoms with Gasteiger partial charge in [0.15, 0.2) is 0 Å². The molecule has 0 aromatic heterocycles. The van der Waals surface area contributed by atoms with E-state index in [0.29, 0.717) is 19.6 Å². The van der Waals surface area contributed by atoms with Crippen molar-refractivity contribution in [3.8, 4) is 0 Å². The van der Waals surface area contributed by atoms with Crippen LogP contribution in [0.4, 0.5) is 0 Å². The smallest absolute Gasteiger partial charge is 0.305 e. The molecule has 0 bridgehead atoms. The van der Waals surface area contributed by atoms with Crippen molar-refractivity contribution >= 4 is 5.97 Å². The molecule has 4 nitrogen and oxygen atoms in total. The van der Waals surface area contributed by atoms with Gasteiger partial charge in [-0.1, -0.05) is 175 Å². The lowest BCUT2D eigenvalue weighted by atomic mass is 10.1. The minimum absolute atomic E-state index is 0.0103. The van der Waals surface area contributed by atoms with Crippen LogP contribution in [0.5, 0.6) is 0 Å². The maximum atomic E-state index is 12.0. The Labute approximate surface area is 360 Å². The number of allylic oxidation sites excluding steroid dienone is 14. The predicted molar refractivity (Wildman–Crippen MR) is 255 cm³/mol. The van der Waals surface area contributed by atoms with Crippen LogP contribution in [0.2, 0.25) is 0 Å². The SMILES string of the molecule is CC/C=C\C/C=C\C/C=C\CCCCCCCC(=O)OCCCCCCCC/C=C\C/C=C\CCCCCOCCCCC/C=C\C/C=C\CCCCCCCCO. The Hall–Kier alpha value is -2.43. The van der Waals surface area contributed by atoms with Crippen molar-refractivity contribution in [1.82, 2.24) is 0 Å². The number of hydrogen-bond donors (Lipinski definition) is 1. The van der Waals surface area contributed by atoms with E-state index in [4.69, 9.17) is 14.6 Å². The van der Waals surface area contributed by atoms with E-state index >= 15 is 0 Å². The maximum Gasteiger partial charge on any atom is 0.305 e. The Kier molecular flexibility index (Phi) is 50.4. The average Bonchev–Trinajstić information content (AvgIpc) is 3.23.